The Bertz CT molecular complexity index is 608. The molecular weight excluding hydrogens is 308 g/mol. The third-order valence-corrected chi connectivity index (χ3v) is 4.06. The fourth-order valence-electron chi connectivity index (χ4n) is 2.72. The second-order valence-electron chi connectivity index (χ2n) is 6.65. The van der Waals surface area contributed by atoms with Crippen LogP contribution in [0.5, 0.6) is 0 Å². The second-order valence-corrected chi connectivity index (χ2v) is 6.65. The molecule has 0 saturated carbocycles. The predicted molar refractivity (Wildman–Crippen MR) is 106 cm³/mol. The first kappa shape index (κ1) is 19.2. The highest BCUT2D eigenvalue weighted by Crippen LogP contribution is 2.09. The molecule has 3 heteroatoms. The van der Waals surface area contributed by atoms with Gasteiger partial charge in [0.05, 0.1) is 5.71 Å². The molecule has 3 nitrogen and oxygen atoms in total. The van der Waals surface area contributed by atoms with Gasteiger partial charge in [-0.2, -0.15) is 0 Å². The molecule has 0 aliphatic rings. The topological polar surface area (TPSA) is 24.8 Å². The molecule has 0 atom stereocenters. The number of oxime groups is 1. The predicted octanol–water partition coefficient (Wildman–Crippen LogP) is 4.58. The normalized spacial score (nSPS) is 11.7. The van der Waals surface area contributed by atoms with Crippen molar-refractivity contribution in [2.24, 2.45) is 5.16 Å². The van der Waals surface area contributed by atoms with Crippen LogP contribution in [-0.2, 0) is 17.7 Å². The summed E-state index contributed by atoms with van der Waals surface area (Å²) < 4.78 is 0. The maximum atomic E-state index is 5.58. The van der Waals surface area contributed by atoms with Crippen LogP contribution in [0.25, 0.3) is 0 Å². The largest absolute Gasteiger partial charge is 0.396 e. The SMILES string of the molecule is CN(C)CCCON=C(CCCc1ccccc1)Cc1ccccc1. The van der Waals surface area contributed by atoms with Gasteiger partial charge in [-0.05, 0) is 50.9 Å². The van der Waals surface area contributed by atoms with E-state index in [4.69, 9.17) is 4.84 Å². The standard InChI is InChI=1S/C22H30N2O/c1-24(2)17-10-18-25-23-22(19-21-13-7-4-8-14-21)16-9-15-20-11-5-3-6-12-20/h3-8,11-14H,9-10,15-19H2,1-2H3. The third-order valence-electron chi connectivity index (χ3n) is 4.06. The Morgan fingerprint density at radius 3 is 2.16 bits per heavy atom. The maximum Gasteiger partial charge on any atom is 0.118 e. The van der Waals surface area contributed by atoms with Gasteiger partial charge in [-0.15, -0.1) is 0 Å². The summed E-state index contributed by atoms with van der Waals surface area (Å²) >= 11 is 0. The summed E-state index contributed by atoms with van der Waals surface area (Å²) in [6.07, 6.45) is 5.01. The molecule has 0 bridgehead atoms. The Morgan fingerprint density at radius 1 is 0.880 bits per heavy atom. The average Bonchev–Trinajstić information content (AvgIpc) is 2.62. The van der Waals surface area contributed by atoms with E-state index in [9.17, 15) is 0 Å². The fourth-order valence-corrected chi connectivity index (χ4v) is 2.72. The molecule has 0 N–H and O–H groups in total. The molecular formula is C22H30N2O. The fraction of sp³-hybridized carbons (Fsp3) is 0.409. The summed E-state index contributed by atoms with van der Waals surface area (Å²) in [5.41, 5.74) is 3.80. The summed E-state index contributed by atoms with van der Waals surface area (Å²) in [5.74, 6) is 0. The van der Waals surface area contributed by atoms with Crippen LogP contribution < -0.4 is 0 Å². The zero-order chi connectivity index (χ0) is 17.7. The number of aryl methyl sites for hydroxylation is 1. The van der Waals surface area contributed by atoms with E-state index in [-0.39, 0.29) is 0 Å². The number of nitrogens with zero attached hydrogens (tertiary/aromatic N) is 2. The number of hydrogen-bond donors (Lipinski definition) is 0. The van der Waals surface area contributed by atoms with E-state index in [0.29, 0.717) is 6.61 Å². The van der Waals surface area contributed by atoms with Gasteiger partial charge >= 0.3 is 0 Å². The van der Waals surface area contributed by atoms with Gasteiger partial charge in [-0.25, -0.2) is 0 Å². The molecule has 0 aliphatic carbocycles. The van der Waals surface area contributed by atoms with Gasteiger partial charge in [-0.1, -0.05) is 65.8 Å². The van der Waals surface area contributed by atoms with Crippen molar-refractivity contribution in [3.8, 4) is 0 Å². The van der Waals surface area contributed by atoms with Crippen molar-refractivity contribution in [2.75, 3.05) is 27.2 Å². The highest BCUT2D eigenvalue weighted by Gasteiger charge is 2.04. The smallest absolute Gasteiger partial charge is 0.118 e. The molecule has 0 aliphatic heterocycles. The van der Waals surface area contributed by atoms with Gasteiger partial charge in [-0.3, -0.25) is 0 Å². The molecule has 0 radical (unpaired) electrons. The third kappa shape index (κ3) is 8.50. The van der Waals surface area contributed by atoms with Crippen LogP contribution in [0.15, 0.2) is 65.8 Å². The summed E-state index contributed by atoms with van der Waals surface area (Å²) in [6.45, 7) is 1.70. The minimum atomic E-state index is 0.676. The first-order valence-corrected chi connectivity index (χ1v) is 9.14. The Morgan fingerprint density at radius 2 is 1.52 bits per heavy atom. The van der Waals surface area contributed by atoms with E-state index in [1.165, 1.54) is 11.1 Å². The summed E-state index contributed by atoms with van der Waals surface area (Å²) in [5, 5.41) is 4.45. The summed E-state index contributed by atoms with van der Waals surface area (Å²) in [4.78, 5) is 7.75. The van der Waals surface area contributed by atoms with E-state index in [0.717, 1.165) is 44.4 Å². The molecule has 0 unspecified atom stereocenters. The van der Waals surface area contributed by atoms with E-state index in [2.05, 4.69) is 78.7 Å². The van der Waals surface area contributed by atoms with Gasteiger partial charge in [0, 0.05) is 13.0 Å². The average molecular weight is 338 g/mol. The van der Waals surface area contributed by atoms with Crippen molar-refractivity contribution in [3.63, 3.8) is 0 Å². The zero-order valence-corrected chi connectivity index (χ0v) is 15.5. The van der Waals surface area contributed by atoms with E-state index >= 15 is 0 Å². The van der Waals surface area contributed by atoms with Crippen LogP contribution in [0.3, 0.4) is 0 Å². The quantitative estimate of drug-likeness (QED) is 0.340. The van der Waals surface area contributed by atoms with Crippen molar-refractivity contribution in [1.82, 2.24) is 4.90 Å². The molecule has 2 aromatic carbocycles. The van der Waals surface area contributed by atoms with E-state index in [1.54, 1.807) is 0 Å². The second kappa shape index (κ2) is 11.4. The Kier molecular flexibility index (Phi) is 8.78. The number of benzene rings is 2. The molecule has 0 heterocycles. The maximum absolute atomic E-state index is 5.58. The van der Waals surface area contributed by atoms with Crippen molar-refractivity contribution >= 4 is 5.71 Å². The van der Waals surface area contributed by atoms with Crippen LogP contribution in [0.1, 0.15) is 30.4 Å². The van der Waals surface area contributed by atoms with E-state index < -0.39 is 0 Å². The number of hydrogen-bond acceptors (Lipinski definition) is 3. The Balaban J connectivity index is 1.84. The minimum absolute atomic E-state index is 0.676. The Labute approximate surface area is 152 Å². The van der Waals surface area contributed by atoms with Gasteiger partial charge in [0.2, 0.25) is 0 Å². The minimum Gasteiger partial charge on any atom is -0.396 e. The molecule has 0 amide bonds. The van der Waals surface area contributed by atoms with Crippen LogP contribution in [0.4, 0.5) is 0 Å². The van der Waals surface area contributed by atoms with Crippen molar-refractivity contribution in [1.29, 1.82) is 0 Å². The van der Waals surface area contributed by atoms with Crippen LogP contribution >= 0.6 is 0 Å². The molecule has 0 saturated heterocycles. The van der Waals surface area contributed by atoms with Gasteiger partial charge < -0.3 is 9.74 Å². The van der Waals surface area contributed by atoms with Gasteiger partial charge in [0.15, 0.2) is 0 Å². The Hall–Kier alpha value is -2.13. The number of rotatable bonds is 11. The first-order valence-electron chi connectivity index (χ1n) is 9.14. The van der Waals surface area contributed by atoms with E-state index in [1.807, 2.05) is 6.07 Å². The van der Waals surface area contributed by atoms with Crippen LogP contribution in [0.2, 0.25) is 0 Å². The van der Waals surface area contributed by atoms with Crippen LogP contribution in [-0.4, -0.2) is 37.9 Å². The monoisotopic (exact) mass is 338 g/mol. The molecule has 0 spiro atoms. The van der Waals surface area contributed by atoms with Crippen molar-refractivity contribution in [3.05, 3.63) is 71.8 Å². The summed E-state index contributed by atoms with van der Waals surface area (Å²) in [6, 6.07) is 21.1. The molecule has 2 aromatic rings. The lowest BCUT2D eigenvalue weighted by molar-refractivity contribution is 0.134. The molecule has 2 rings (SSSR count). The van der Waals surface area contributed by atoms with Crippen LogP contribution in [0, 0.1) is 0 Å². The molecule has 25 heavy (non-hydrogen) atoms. The summed E-state index contributed by atoms with van der Waals surface area (Å²) in [7, 11) is 4.15. The zero-order valence-electron chi connectivity index (χ0n) is 15.5. The van der Waals surface area contributed by atoms with Gasteiger partial charge in [0.1, 0.15) is 6.61 Å². The van der Waals surface area contributed by atoms with Gasteiger partial charge in [0.25, 0.3) is 0 Å². The highest BCUT2D eigenvalue weighted by atomic mass is 16.6. The van der Waals surface area contributed by atoms with Crippen molar-refractivity contribution < 1.29 is 4.84 Å². The molecule has 0 fully saturated rings. The highest BCUT2D eigenvalue weighted by molar-refractivity contribution is 5.86. The lowest BCUT2D eigenvalue weighted by atomic mass is 10.0. The lowest BCUT2D eigenvalue weighted by Crippen LogP contribution is -2.14. The lowest BCUT2D eigenvalue weighted by Gasteiger charge is -2.10. The first-order chi connectivity index (χ1) is 12.2. The molecule has 0 aromatic heterocycles. The molecule has 134 valence electrons. The van der Waals surface area contributed by atoms with Crippen molar-refractivity contribution in [2.45, 2.75) is 32.1 Å².